The van der Waals surface area contributed by atoms with Crippen LogP contribution in [0.3, 0.4) is 0 Å². The molecule has 0 spiro atoms. The van der Waals surface area contributed by atoms with E-state index in [0.29, 0.717) is 5.39 Å². The summed E-state index contributed by atoms with van der Waals surface area (Å²) < 4.78 is 1.45. The number of thiophene rings is 1. The minimum absolute atomic E-state index is 0.0124. The number of nitrogens with one attached hydrogen (secondary N) is 1. The largest absolute Gasteiger partial charge is 0.332 e. The molecule has 0 aliphatic carbocycles. The zero-order chi connectivity index (χ0) is 17.3. The van der Waals surface area contributed by atoms with Gasteiger partial charge in [0, 0.05) is 4.88 Å². The van der Waals surface area contributed by atoms with E-state index >= 15 is 0 Å². The Morgan fingerprint density at radius 3 is 2.71 bits per heavy atom. The van der Waals surface area contributed by atoms with Crippen LogP contribution in [-0.4, -0.2) is 53.1 Å². The van der Waals surface area contributed by atoms with Crippen LogP contribution in [-0.2, 0) is 11.3 Å². The molecular weight excluding hydrogens is 324 g/mol. The molecule has 1 N–H and O–H groups in total. The summed E-state index contributed by atoms with van der Waals surface area (Å²) in [7, 11) is 0. The molecule has 7 heteroatoms. The lowest BCUT2D eigenvalue weighted by atomic mass is 10.2. The summed E-state index contributed by atoms with van der Waals surface area (Å²) in [6, 6.07) is 0. The molecule has 0 saturated carbocycles. The summed E-state index contributed by atoms with van der Waals surface area (Å²) in [5.41, 5.74) is 0.872. The molecule has 24 heavy (non-hydrogen) atoms. The molecule has 0 unspecified atom stereocenters. The van der Waals surface area contributed by atoms with Crippen LogP contribution < -0.4 is 10.5 Å². The number of aryl methyl sites for hydroxylation is 2. The standard InChI is InChI=1S/C17H24N4O2S/c1-4-5-19-6-8-20(9-7-19)14(22)10-21-11-18-16-15(17(21)23)12(2)13(3)24-16/h11H,4-10H2,1-3H3/p+1. The van der Waals surface area contributed by atoms with Crippen molar-refractivity contribution in [3.63, 3.8) is 0 Å². The van der Waals surface area contributed by atoms with Crippen LogP contribution in [0.2, 0.25) is 0 Å². The fraction of sp³-hybridized carbons (Fsp3) is 0.588. The molecule has 2 aromatic heterocycles. The Labute approximate surface area is 145 Å². The number of carbonyl (C=O) groups is 1. The molecule has 3 rings (SSSR count). The maximum absolute atomic E-state index is 12.7. The van der Waals surface area contributed by atoms with Gasteiger partial charge in [-0.15, -0.1) is 11.3 Å². The third-order valence-electron chi connectivity index (χ3n) is 4.89. The Morgan fingerprint density at radius 1 is 1.33 bits per heavy atom. The van der Waals surface area contributed by atoms with Gasteiger partial charge in [-0.2, -0.15) is 0 Å². The minimum atomic E-state index is -0.106. The number of fused-ring (bicyclic) bond motifs is 1. The molecule has 1 aliphatic heterocycles. The van der Waals surface area contributed by atoms with E-state index in [4.69, 9.17) is 0 Å². The molecule has 6 nitrogen and oxygen atoms in total. The summed E-state index contributed by atoms with van der Waals surface area (Å²) >= 11 is 1.53. The van der Waals surface area contributed by atoms with Crippen molar-refractivity contribution in [3.05, 3.63) is 27.1 Å². The van der Waals surface area contributed by atoms with Crippen molar-refractivity contribution < 1.29 is 9.69 Å². The number of piperazine rings is 1. The first-order valence-electron chi connectivity index (χ1n) is 8.57. The second kappa shape index (κ2) is 7.03. The molecule has 1 amide bonds. The van der Waals surface area contributed by atoms with Crippen LogP contribution in [0.4, 0.5) is 0 Å². The molecule has 1 fully saturated rings. The number of carbonyl (C=O) groups excluding carboxylic acids is 1. The van der Waals surface area contributed by atoms with E-state index in [2.05, 4.69) is 11.9 Å². The predicted octanol–water partition coefficient (Wildman–Crippen LogP) is 0.212. The molecule has 2 aromatic rings. The number of aromatic nitrogens is 2. The summed E-state index contributed by atoms with van der Waals surface area (Å²) in [5.74, 6) is 0.0124. The third kappa shape index (κ3) is 3.23. The van der Waals surface area contributed by atoms with E-state index < -0.39 is 0 Å². The molecule has 0 aromatic carbocycles. The van der Waals surface area contributed by atoms with Crippen molar-refractivity contribution >= 4 is 27.5 Å². The lowest BCUT2D eigenvalue weighted by Gasteiger charge is -2.32. The Hall–Kier alpha value is -1.73. The van der Waals surface area contributed by atoms with Gasteiger partial charge >= 0.3 is 0 Å². The first-order valence-corrected chi connectivity index (χ1v) is 9.39. The van der Waals surface area contributed by atoms with Crippen LogP contribution in [0, 0.1) is 13.8 Å². The van der Waals surface area contributed by atoms with Gasteiger partial charge in [0.1, 0.15) is 11.4 Å². The van der Waals surface area contributed by atoms with Crippen molar-refractivity contribution in [1.29, 1.82) is 0 Å². The Balaban J connectivity index is 1.73. The van der Waals surface area contributed by atoms with E-state index in [9.17, 15) is 9.59 Å². The minimum Gasteiger partial charge on any atom is -0.332 e. The normalized spacial score (nSPS) is 16.0. The van der Waals surface area contributed by atoms with Gasteiger partial charge in [-0.1, -0.05) is 6.92 Å². The topological polar surface area (TPSA) is 59.6 Å². The highest BCUT2D eigenvalue weighted by molar-refractivity contribution is 7.18. The lowest BCUT2D eigenvalue weighted by molar-refractivity contribution is -0.904. The van der Waals surface area contributed by atoms with Crippen molar-refractivity contribution in [1.82, 2.24) is 14.5 Å². The zero-order valence-electron chi connectivity index (χ0n) is 14.6. The van der Waals surface area contributed by atoms with Crippen molar-refractivity contribution in [2.75, 3.05) is 32.7 Å². The van der Waals surface area contributed by atoms with Crippen molar-refractivity contribution in [3.8, 4) is 0 Å². The summed E-state index contributed by atoms with van der Waals surface area (Å²) in [4.78, 5) is 34.9. The average Bonchev–Trinajstić information content (AvgIpc) is 2.86. The van der Waals surface area contributed by atoms with Gasteiger partial charge in [-0.25, -0.2) is 4.98 Å². The van der Waals surface area contributed by atoms with Crippen LogP contribution in [0.1, 0.15) is 23.8 Å². The van der Waals surface area contributed by atoms with E-state index in [1.165, 1.54) is 35.2 Å². The monoisotopic (exact) mass is 349 g/mol. The second-order valence-electron chi connectivity index (χ2n) is 6.52. The Kier molecular flexibility index (Phi) is 5.01. The summed E-state index contributed by atoms with van der Waals surface area (Å²) in [6.45, 7) is 10.9. The number of hydrogen-bond acceptors (Lipinski definition) is 4. The van der Waals surface area contributed by atoms with E-state index in [1.54, 1.807) is 4.90 Å². The van der Waals surface area contributed by atoms with Crippen LogP contribution in [0.25, 0.3) is 10.2 Å². The molecule has 0 atom stereocenters. The van der Waals surface area contributed by atoms with Gasteiger partial charge in [0.05, 0.1) is 44.4 Å². The summed E-state index contributed by atoms with van der Waals surface area (Å²) in [5, 5.41) is 0.657. The smallest absolute Gasteiger partial charge is 0.262 e. The lowest BCUT2D eigenvalue weighted by Crippen LogP contribution is -3.14. The van der Waals surface area contributed by atoms with Gasteiger partial charge < -0.3 is 9.80 Å². The second-order valence-corrected chi connectivity index (χ2v) is 7.73. The first-order chi connectivity index (χ1) is 11.5. The van der Waals surface area contributed by atoms with Gasteiger partial charge in [0.25, 0.3) is 5.56 Å². The fourth-order valence-corrected chi connectivity index (χ4v) is 4.29. The molecule has 3 heterocycles. The molecule has 0 radical (unpaired) electrons. The zero-order valence-corrected chi connectivity index (χ0v) is 15.4. The van der Waals surface area contributed by atoms with Crippen LogP contribution >= 0.6 is 11.3 Å². The highest BCUT2D eigenvalue weighted by Gasteiger charge is 2.23. The molecule has 1 aliphatic rings. The van der Waals surface area contributed by atoms with Gasteiger partial charge in [-0.3, -0.25) is 14.2 Å². The molecule has 1 saturated heterocycles. The maximum atomic E-state index is 12.7. The molecular formula is C17H25N4O2S+. The number of quaternary nitrogens is 1. The predicted molar refractivity (Wildman–Crippen MR) is 95.8 cm³/mol. The van der Waals surface area contributed by atoms with Gasteiger partial charge in [0.15, 0.2) is 0 Å². The van der Waals surface area contributed by atoms with E-state index in [1.807, 2.05) is 18.7 Å². The van der Waals surface area contributed by atoms with Crippen LogP contribution in [0.5, 0.6) is 0 Å². The Morgan fingerprint density at radius 2 is 2.04 bits per heavy atom. The SMILES string of the molecule is CCC[NH+]1CCN(C(=O)Cn2cnc3sc(C)c(C)c3c2=O)CC1. The van der Waals surface area contributed by atoms with Crippen LogP contribution in [0.15, 0.2) is 11.1 Å². The fourth-order valence-electron chi connectivity index (χ4n) is 3.30. The summed E-state index contributed by atoms with van der Waals surface area (Å²) in [6.07, 6.45) is 2.68. The quantitative estimate of drug-likeness (QED) is 0.859. The van der Waals surface area contributed by atoms with E-state index in [-0.39, 0.29) is 18.0 Å². The van der Waals surface area contributed by atoms with Crippen molar-refractivity contribution in [2.45, 2.75) is 33.7 Å². The average molecular weight is 349 g/mol. The molecule has 0 bridgehead atoms. The number of hydrogen-bond donors (Lipinski definition) is 1. The highest BCUT2D eigenvalue weighted by atomic mass is 32.1. The number of nitrogens with zero attached hydrogens (tertiary/aromatic N) is 3. The number of amides is 1. The van der Waals surface area contributed by atoms with E-state index in [0.717, 1.165) is 41.5 Å². The molecule has 130 valence electrons. The Bertz CT molecular complexity index is 803. The first kappa shape index (κ1) is 17.1. The third-order valence-corrected chi connectivity index (χ3v) is 6.00. The van der Waals surface area contributed by atoms with Gasteiger partial charge in [-0.05, 0) is 25.8 Å². The number of rotatable bonds is 4. The van der Waals surface area contributed by atoms with Gasteiger partial charge in [0.2, 0.25) is 5.91 Å². The maximum Gasteiger partial charge on any atom is 0.262 e. The van der Waals surface area contributed by atoms with Crippen molar-refractivity contribution in [2.24, 2.45) is 0 Å². The highest BCUT2D eigenvalue weighted by Crippen LogP contribution is 2.25.